The lowest BCUT2D eigenvalue weighted by Gasteiger charge is -2.30. The number of piperidine rings is 1. The van der Waals surface area contributed by atoms with Crippen molar-refractivity contribution in [1.29, 1.82) is 0 Å². The Morgan fingerprint density at radius 2 is 1.85 bits per heavy atom. The summed E-state index contributed by atoms with van der Waals surface area (Å²) in [5, 5.41) is 6.73. The van der Waals surface area contributed by atoms with Gasteiger partial charge >= 0.3 is 0 Å². The first-order valence-electron chi connectivity index (χ1n) is 11.2. The fourth-order valence-electron chi connectivity index (χ4n) is 4.69. The van der Waals surface area contributed by atoms with E-state index >= 15 is 0 Å². The van der Waals surface area contributed by atoms with E-state index in [0.29, 0.717) is 18.5 Å². The number of aromatic nitrogens is 3. The van der Waals surface area contributed by atoms with Gasteiger partial charge in [-0.1, -0.05) is 17.3 Å². The molecule has 10 heteroatoms. The molecule has 1 N–H and O–H groups in total. The molecule has 0 radical (unpaired) electrons. The van der Waals surface area contributed by atoms with Gasteiger partial charge in [-0.25, -0.2) is 13.4 Å². The molecule has 0 unspecified atom stereocenters. The Balaban J connectivity index is 1.19. The Labute approximate surface area is 192 Å². The summed E-state index contributed by atoms with van der Waals surface area (Å²) < 4.78 is 34.6. The van der Waals surface area contributed by atoms with Gasteiger partial charge in [-0.05, 0) is 45.2 Å². The molecule has 4 heterocycles. The molecule has 1 fully saturated rings. The van der Waals surface area contributed by atoms with Crippen LogP contribution in [0.2, 0.25) is 0 Å². The number of rotatable bonds is 5. The maximum Gasteiger partial charge on any atom is 0.248 e. The van der Waals surface area contributed by atoms with E-state index in [0.717, 1.165) is 42.2 Å². The highest BCUT2D eigenvalue weighted by Crippen LogP contribution is 2.29. The van der Waals surface area contributed by atoms with E-state index < -0.39 is 10.0 Å². The molecule has 3 aromatic rings. The Morgan fingerprint density at radius 3 is 2.48 bits per heavy atom. The number of nitrogens with zero attached hydrogens (tertiary/aromatic N) is 4. The summed E-state index contributed by atoms with van der Waals surface area (Å²) in [6.45, 7) is 4.81. The van der Waals surface area contributed by atoms with Crippen LogP contribution in [-0.4, -0.2) is 46.4 Å². The summed E-state index contributed by atoms with van der Waals surface area (Å²) in [6, 6.07) is 7.70. The minimum Gasteiger partial charge on any atom is -0.360 e. The molecule has 1 amide bonds. The van der Waals surface area contributed by atoms with Crippen molar-refractivity contribution in [2.24, 2.45) is 5.92 Å². The number of aryl methyl sites for hydroxylation is 4. The van der Waals surface area contributed by atoms with Crippen LogP contribution < -0.4 is 5.32 Å². The fraction of sp³-hybridized carbons (Fsp3) is 0.435. The number of nitrogens with one attached hydrogen (secondary N) is 1. The first kappa shape index (κ1) is 21.8. The topological polar surface area (TPSA) is 110 Å². The number of hydrogen-bond acceptors (Lipinski definition) is 6. The van der Waals surface area contributed by atoms with E-state index in [1.54, 1.807) is 13.8 Å². The summed E-state index contributed by atoms with van der Waals surface area (Å²) in [6.07, 6.45) is 5.19. The normalized spacial score (nSPS) is 17.3. The SMILES string of the molecule is Cc1noc(C)c1S(=O)(=O)N1CCC(C(=O)Nc2ccc(-c3cn4c(n3)CCC4)cc2)CC1. The number of fused-ring (bicyclic) bond motifs is 1. The Bertz CT molecular complexity index is 1240. The molecule has 174 valence electrons. The van der Waals surface area contributed by atoms with Crippen LogP contribution in [0.4, 0.5) is 5.69 Å². The maximum absolute atomic E-state index is 13.0. The Morgan fingerprint density at radius 1 is 1.12 bits per heavy atom. The van der Waals surface area contributed by atoms with Crippen molar-refractivity contribution in [2.45, 2.75) is 51.0 Å². The molecular weight excluding hydrogens is 442 g/mol. The van der Waals surface area contributed by atoms with Gasteiger partial charge in [-0.2, -0.15) is 4.31 Å². The van der Waals surface area contributed by atoms with Gasteiger partial charge in [0.2, 0.25) is 15.9 Å². The summed E-state index contributed by atoms with van der Waals surface area (Å²) >= 11 is 0. The largest absolute Gasteiger partial charge is 0.360 e. The average Bonchev–Trinajstić information content (AvgIpc) is 3.49. The van der Waals surface area contributed by atoms with Gasteiger partial charge in [0.15, 0.2) is 5.76 Å². The summed E-state index contributed by atoms with van der Waals surface area (Å²) in [5.41, 5.74) is 3.06. The molecule has 0 atom stereocenters. The number of amides is 1. The van der Waals surface area contributed by atoms with Crippen LogP contribution in [0.25, 0.3) is 11.3 Å². The van der Waals surface area contributed by atoms with E-state index in [-0.39, 0.29) is 35.6 Å². The number of benzene rings is 1. The molecule has 0 aliphatic carbocycles. The highest BCUT2D eigenvalue weighted by atomic mass is 32.2. The first-order valence-corrected chi connectivity index (χ1v) is 12.7. The first-order chi connectivity index (χ1) is 15.8. The van der Waals surface area contributed by atoms with Crippen molar-refractivity contribution in [3.05, 3.63) is 47.7 Å². The smallest absolute Gasteiger partial charge is 0.248 e. The molecule has 9 nitrogen and oxygen atoms in total. The van der Waals surface area contributed by atoms with Crippen LogP contribution in [0.1, 0.15) is 36.5 Å². The van der Waals surface area contributed by atoms with Gasteiger partial charge in [0, 0.05) is 49.4 Å². The average molecular weight is 470 g/mol. The van der Waals surface area contributed by atoms with Gasteiger partial charge in [-0.3, -0.25) is 4.79 Å². The van der Waals surface area contributed by atoms with Crippen molar-refractivity contribution < 1.29 is 17.7 Å². The maximum atomic E-state index is 13.0. The van der Waals surface area contributed by atoms with Gasteiger partial charge < -0.3 is 14.4 Å². The molecule has 2 aliphatic heterocycles. The number of sulfonamides is 1. The van der Waals surface area contributed by atoms with Crippen molar-refractivity contribution in [3.63, 3.8) is 0 Å². The molecule has 5 rings (SSSR count). The third-order valence-electron chi connectivity index (χ3n) is 6.50. The Hall–Kier alpha value is -2.98. The molecule has 2 aromatic heterocycles. The number of hydrogen-bond donors (Lipinski definition) is 1. The molecule has 0 spiro atoms. The fourth-order valence-corrected chi connectivity index (χ4v) is 6.45. The van der Waals surface area contributed by atoms with Crippen molar-refractivity contribution in [1.82, 2.24) is 19.0 Å². The van der Waals surface area contributed by atoms with Crippen molar-refractivity contribution in [2.75, 3.05) is 18.4 Å². The number of imidazole rings is 1. The van der Waals surface area contributed by atoms with Crippen LogP contribution in [0.5, 0.6) is 0 Å². The third kappa shape index (κ3) is 4.08. The lowest BCUT2D eigenvalue weighted by atomic mass is 9.97. The zero-order chi connectivity index (χ0) is 23.2. The summed E-state index contributed by atoms with van der Waals surface area (Å²) in [5.74, 6) is 1.09. The number of anilines is 1. The predicted octanol–water partition coefficient (Wildman–Crippen LogP) is 3.14. The standard InChI is InChI=1S/C23H27N5O4S/c1-15-22(16(2)32-26-15)33(30,31)28-12-9-18(10-13-28)23(29)24-19-7-5-17(6-8-19)20-14-27-11-3-4-21(27)25-20/h5-8,14,18H,3-4,9-13H2,1-2H3,(H,24,29). The minimum absolute atomic E-state index is 0.0851. The van der Waals surface area contributed by atoms with Crippen LogP contribution in [0, 0.1) is 19.8 Å². The van der Waals surface area contributed by atoms with Crippen LogP contribution >= 0.6 is 0 Å². The quantitative estimate of drug-likeness (QED) is 0.615. The molecule has 2 aliphatic rings. The highest BCUT2D eigenvalue weighted by Gasteiger charge is 2.35. The van der Waals surface area contributed by atoms with Gasteiger partial charge in [0.25, 0.3) is 0 Å². The van der Waals surface area contributed by atoms with E-state index in [9.17, 15) is 13.2 Å². The lowest BCUT2D eigenvalue weighted by Crippen LogP contribution is -2.41. The van der Waals surface area contributed by atoms with Gasteiger partial charge in [0.05, 0.1) is 5.69 Å². The zero-order valence-electron chi connectivity index (χ0n) is 18.7. The number of carbonyl (C=O) groups is 1. The Kier molecular flexibility index (Phi) is 5.57. The van der Waals surface area contributed by atoms with Gasteiger partial charge in [0.1, 0.15) is 16.4 Å². The molecule has 0 saturated carbocycles. The van der Waals surface area contributed by atoms with Crippen LogP contribution in [-0.2, 0) is 27.8 Å². The second-order valence-electron chi connectivity index (χ2n) is 8.74. The van der Waals surface area contributed by atoms with Crippen molar-refractivity contribution in [3.8, 4) is 11.3 Å². The van der Waals surface area contributed by atoms with E-state index in [2.05, 4.69) is 21.2 Å². The minimum atomic E-state index is -3.68. The van der Waals surface area contributed by atoms with Crippen LogP contribution in [0.3, 0.4) is 0 Å². The third-order valence-corrected chi connectivity index (χ3v) is 8.64. The lowest BCUT2D eigenvalue weighted by molar-refractivity contribution is -0.120. The highest BCUT2D eigenvalue weighted by molar-refractivity contribution is 7.89. The number of carbonyl (C=O) groups excluding carboxylic acids is 1. The second-order valence-corrected chi connectivity index (χ2v) is 10.6. The molecular formula is C23H27N5O4S. The van der Waals surface area contributed by atoms with Crippen LogP contribution in [0.15, 0.2) is 39.9 Å². The van der Waals surface area contributed by atoms with Gasteiger partial charge in [-0.15, -0.1) is 0 Å². The predicted molar refractivity (Wildman–Crippen MR) is 122 cm³/mol. The summed E-state index contributed by atoms with van der Waals surface area (Å²) in [4.78, 5) is 17.6. The summed E-state index contributed by atoms with van der Waals surface area (Å²) in [7, 11) is -3.68. The molecule has 0 bridgehead atoms. The second kappa shape index (κ2) is 8.42. The molecule has 1 saturated heterocycles. The van der Waals surface area contributed by atoms with E-state index in [1.165, 1.54) is 4.31 Å². The van der Waals surface area contributed by atoms with E-state index in [4.69, 9.17) is 9.51 Å². The zero-order valence-corrected chi connectivity index (χ0v) is 19.6. The molecule has 1 aromatic carbocycles. The van der Waals surface area contributed by atoms with Crippen molar-refractivity contribution >= 4 is 21.6 Å². The monoisotopic (exact) mass is 469 g/mol. The van der Waals surface area contributed by atoms with E-state index in [1.807, 2.05) is 24.3 Å². The molecule has 33 heavy (non-hydrogen) atoms.